The fraction of sp³-hybridized carbons (Fsp3) is 0.500. The van der Waals surface area contributed by atoms with Crippen molar-refractivity contribution in [3.63, 3.8) is 0 Å². The second-order valence-corrected chi connectivity index (χ2v) is 6.61. The molecule has 0 radical (unpaired) electrons. The van der Waals surface area contributed by atoms with Crippen molar-refractivity contribution in [3.05, 3.63) is 23.8 Å². The Morgan fingerprint density at radius 3 is 2.35 bits per heavy atom. The Labute approximate surface area is 120 Å². The molecule has 1 rings (SSSR count). The smallest absolute Gasteiger partial charge is 0.224 e. The molecular weight excluding hydrogens is 252 g/mol. The summed E-state index contributed by atoms with van der Waals surface area (Å²) < 4.78 is 0. The number of carbonyl (C=O) groups excluding carboxylic acids is 2. The highest BCUT2D eigenvalue weighted by Gasteiger charge is 2.19. The molecular formula is C16H24N2O2. The summed E-state index contributed by atoms with van der Waals surface area (Å²) in [5.41, 5.74) is 7.16. The largest absolute Gasteiger partial charge is 0.399 e. The van der Waals surface area contributed by atoms with Gasteiger partial charge in [0.25, 0.3) is 0 Å². The van der Waals surface area contributed by atoms with Crippen molar-refractivity contribution in [1.29, 1.82) is 0 Å². The average Bonchev–Trinajstić information content (AvgIpc) is 2.27. The molecule has 0 heterocycles. The van der Waals surface area contributed by atoms with E-state index in [1.807, 2.05) is 34.6 Å². The Hall–Kier alpha value is -1.84. The average molecular weight is 276 g/mol. The van der Waals surface area contributed by atoms with Gasteiger partial charge in [-0.25, -0.2) is 0 Å². The van der Waals surface area contributed by atoms with Crippen molar-refractivity contribution in [3.8, 4) is 0 Å². The predicted octanol–water partition coefficient (Wildman–Crippen LogP) is 3.48. The molecule has 1 aromatic carbocycles. The summed E-state index contributed by atoms with van der Waals surface area (Å²) >= 11 is 0. The quantitative estimate of drug-likeness (QED) is 0.653. The van der Waals surface area contributed by atoms with Crippen molar-refractivity contribution < 1.29 is 9.59 Å². The summed E-state index contributed by atoms with van der Waals surface area (Å²) in [6, 6.07) is 4.99. The molecule has 0 saturated heterocycles. The molecule has 20 heavy (non-hydrogen) atoms. The minimum atomic E-state index is -0.143. The van der Waals surface area contributed by atoms with Crippen molar-refractivity contribution in [1.82, 2.24) is 0 Å². The molecule has 4 heteroatoms. The van der Waals surface area contributed by atoms with Gasteiger partial charge in [0.2, 0.25) is 5.91 Å². The summed E-state index contributed by atoms with van der Waals surface area (Å²) in [6.45, 7) is 9.64. The lowest BCUT2D eigenvalue weighted by Gasteiger charge is -2.18. The van der Waals surface area contributed by atoms with Crippen molar-refractivity contribution >= 4 is 23.1 Å². The third-order valence-electron chi connectivity index (χ3n) is 2.80. The van der Waals surface area contributed by atoms with Gasteiger partial charge in [-0.1, -0.05) is 34.6 Å². The molecule has 0 fully saturated rings. The van der Waals surface area contributed by atoms with Gasteiger partial charge in [0.15, 0.2) is 5.78 Å². The summed E-state index contributed by atoms with van der Waals surface area (Å²) in [5.74, 6) is -0.265. The molecule has 0 atom stereocenters. The van der Waals surface area contributed by atoms with Crippen LogP contribution in [0.15, 0.2) is 18.2 Å². The number of benzene rings is 1. The molecule has 1 aromatic rings. The van der Waals surface area contributed by atoms with E-state index in [1.54, 1.807) is 18.2 Å². The molecule has 3 N–H and O–H groups in total. The van der Waals surface area contributed by atoms with E-state index in [1.165, 1.54) is 0 Å². The molecule has 0 unspecified atom stereocenters. The minimum absolute atomic E-state index is 0.0247. The van der Waals surface area contributed by atoms with Gasteiger partial charge in [-0.2, -0.15) is 0 Å². The number of nitrogen functional groups attached to an aromatic ring is 1. The normalized spacial score (nSPS) is 11.5. The maximum atomic E-state index is 12.2. The molecule has 110 valence electrons. The lowest BCUT2D eigenvalue weighted by Crippen LogP contribution is -2.21. The van der Waals surface area contributed by atoms with E-state index >= 15 is 0 Å². The first kappa shape index (κ1) is 16.2. The highest BCUT2D eigenvalue weighted by atomic mass is 16.1. The van der Waals surface area contributed by atoms with Crippen molar-refractivity contribution in [2.75, 3.05) is 11.1 Å². The number of hydrogen-bond acceptors (Lipinski definition) is 3. The zero-order valence-electron chi connectivity index (χ0n) is 12.9. The van der Waals surface area contributed by atoms with Crippen LogP contribution in [0.5, 0.6) is 0 Å². The fourth-order valence-electron chi connectivity index (χ4n) is 1.86. The molecule has 4 nitrogen and oxygen atoms in total. The van der Waals surface area contributed by atoms with Gasteiger partial charge in [0.05, 0.1) is 5.69 Å². The van der Waals surface area contributed by atoms with E-state index < -0.39 is 0 Å². The molecule has 0 aliphatic heterocycles. The van der Waals surface area contributed by atoms with E-state index in [0.717, 1.165) is 0 Å². The lowest BCUT2D eigenvalue weighted by atomic mass is 9.91. The number of Topliss-reactive ketones (excluding diaryl/α,β-unsaturated/α-hetero) is 1. The highest BCUT2D eigenvalue weighted by molar-refractivity contribution is 6.06. The summed E-state index contributed by atoms with van der Waals surface area (Å²) in [6.07, 6.45) is 0.396. The van der Waals surface area contributed by atoms with Gasteiger partial charge >= 0.3 is 0 Å². The van der Waals surface area contributed by atoms with Crippen LogP contribution in [-0.2, 0) is 4.79 Å². The lowest BCUT2D eigenvalue weighted by molar-refractivity contribution is -0.117. The first-order valence-corrected chi connectivity index (χ1v) is 6.84. The molecule has 0 aliphatic carbocycles. The zero-order chi connectivity index (χ0) is 15.5. The number of amides is 1. The van der Waals surface area contributed by atoms with E-state index in [2.05, 4.69) is 5.32 Å². The van der Waals surface area contributed by atoms with E-state index in [4.69, 9.17) is 5.73 Å². The maximum absolute atomic E-state index is 12.2. The highest BCUT2D eigenvalue weighted by Crippen LogP contribution is 2.24. The molecule has 1 amide bonds. The van der Waals surface area contributed by atoms with Crippen LogP contribution in [0.25, 0.3) is 0 Å². The number of nitrogens with two attached hydrogens (primary N) is 1. The number of carbonyl (C=O) groups is 2. The third kappa shape index (κ3) is 4.68. The van der Waals surface area contributed by atoms with Crippen LogP contribution < -0.4 is 11.1 Å². The van der Waals surface area contributed by atoms with E-state index in [0.29, 0.717) is 23.4 Å². The summed E-state index contributed by atoms with van der Waals surface area (Å²) in [7, 11) is 0. The predicted molar refractivity (Wildman–Crippen MR) is 82.7 cm³/mol. The molecule has 0 aliphatic rings. The number of ketones is 1. The molecule has 0 bridgehead atoms. The Bertz CT molecular complexity index is 514. The molecule has 0 spiro atoms. The molecule has 0 aromatic heterocycles. The Kier molecular flexibility index (Phi) is 4.93. The monoisotopic (exact) mass is 276 g/mol. The SMILES string of the molecule is CC(C)C(=O)c1cc(N)ccc1NC(=O)CC(C)(C)C. The number of anilines is 2. The van der Waals surface area contributed by atoms with Crippen LogP contribution in [0.1, 0.15) is 51.4 Å². The zero-order valence-corrected chi connectivity index (χ0v) is 12.9. The number of hydrogen-bond donors (Lipinski definition) is 2. The third-order valence-corrected chi connectivity index (χ3v) is 2.80. The van der Waals surface area contributed by atoms with Gasteiger partial charge in [0.1, 0.15) is 0 Å². The first-order chi connectivity index (χ1) is 9.10. The van der Waals surface area contributed by atoms with Crippen molar-refractivity contribution in [2.24, 2.45) is 11.3 Å². The van der Waals surface area contributed by atoms with E-state index in [-0.39, 0.29) is 23.0 Å². The standard InChI is InChI=1S/C16H24N2O2/c1-10(2)15(20)12-8-11(17)6-7-13(12)18-14(19)9-16(3,4)5/h6-8,10H,9,17H2,1-5H3,(H,18,19). The summed E-state index contributed by atoms with van der Waals surface area (Å²) in [4.78, 5) is 24.2. The van der Waals surface area contributed by atoms with E-state index in [9.17, 15) is 9.59 Å². The summed E-state index contributed by atoms with van der Waals surface area (Å²) in [5, 5.41) is 2.81. The van der Waals surface area contributed by atoms with Crippen LogP contribution in [0.4, 0.5) is 11.4 Å². The topological polar surface area (TPSA) is 72.2 Å². The van der Waals surface area contributed by atoms with Crippen molar-refractivity contribution in [2.45, 2.75) is 41.0 Å². The Morgan fingerprint density at radius 1 is 1.25 bits per heavy atom. The van der Waals surface area contributed by atoms with Crippen LogP contribution in [0.2, 0.25) is 0 Å². The second-order valence-electron chi connectivity index (χ2n) is 6.61. The Balaban J connectivity index is 3.01. The second kappa shape index (κ2) is 6.07. The van der Waals surface area contributed by atoms with Crippen LogP contribution in [0, 0.1) is 11.3 Å². The van der Waals surface area contributed by atoms with Gasteiger partial charge in [-0.05, 0) is 23.6 Å². The van der Waals surface area contributed by atoms with Gasteiger partial charge in [-0.3, -0.25) is 9.59 Å². The number of rotatable bonds is 4. The van der Waals surface area contributed by atoms with Gasteiger partial charge < -0.3 is 11.1 Å². The Morgan fingerprint density at radius 2 is 1.85 bits per heavy atom. The maximum Gasteiger partial charge on any atom is 0.224 e. The number of nitrogens with one attached hydrogen (secondary N) is 1. The van der Waals surface area contributed by atoms with Crippen LogP contribution in [0.3, 0.4) is 0 Å². The minimum Gasteiger partial charge on any atom is -0.399 e. The van der Waals surface area contributed by atoms with Crippen LogP contribution >= 0.6 is 0 Å². The fourth-order valence-corrected chi connectivity index (χ4v) is 1.86. The van der Waals surface area contributed by atoms with Crippen LogP contribution in [-0.4, -0.2) is 11.7 Å². The first-order valence-electron chi connectivity index (χ1n) is 6.84. The van der Waals surface area contributed by atoms with Gasteiger partial charge in [-0.15, -0.1) is 0 Å². The molecule has 0 saturated carbocycles. The van der Waals surface area contributed by atoms with Gasteiger partial charge in [0, 0.05) is 23.6 Å².